The second-order valence-corrected chi connectivity index (χ2v) is 9.91. The highest BCUT2D eigenvalue weighted by Crippen LogP contribution is 2.27. The Morgan fingerprint density at radius 2 is 1.84 bits per heavy atom. The van der Waals surface area contributed by atoms with Gasteiger partial charge in [0, 0.05) is 27.1 Å². The van der Waals surface area contributed by atoms with Gasteiger partial charge in [-0.05, 0) is 72.2 Å². The molecule has 1 N–H and O–H groups in total. The van der Waals surface area contributed by atoms with Crippen LogP contribution in [0, 0.1) is 19.7 Å². The number of aryl methyl sites for hydroxylation is 1. The van der Waals surface area contributed by atoms with Crippen LogP contribution in [-0.2, 0) is 14.8 Å². The number of rotatable bonds is 7. The molecule has 1 aromatic heterocycles. The molecule has 0 unspecified atom stereocenters. The Balaban J connectivity index is 1.74. The van der Waals surface area contributed by atoms with Crippen LogP contribution in [0.1, 0.15) is 17.0 Å². The molecule has 0 radical (unpaired) electrons. The van der Waals surface area contributed by atoms with E-state index in [0.717, 1.165) is 33.2 Å². The van der Waals surface area contributed by atoms with Crippen LogP contribution < -0.4 is 9.73 Å². The minimum Gasteiger partial charge on any atom is -0.318 e. The number of sulfonamides is 1. The van der Waals surface area contributed by atoms with E-state index < -0.39 is 22.5 Å². The zero-order chi connectivity index (χ0) is 23.5. The van der Waals surface area contributed by atoms with Crippen LogP contribution >= 0.6 is 15.9 Å². The van der Waals surface area contributed by atoms with E-state index >= 15 is 0 Å². The van der Waals surface area contributed by atoms with E-state index in [0.29, 0.717) is 10.2 Å². The smallest absolute Gasteiger partial charge is 0.260 e. The zero-order valence-electron chi connectivity index (χ0n) is 17.7. The molecule has 0 aliphatic carbocycles. The molecule has 0 aliphatic heterocycles. The molecule has 168 valence electrons. The summed E-state index contributed by atoms with van der Waals surface area (Å²) in [6.45, 7) is 3.37. The van der Waals surface area contributed by atoms with Gasteiger partial charge in [-0.15, -0.1) is 0 Å². The van der Waals surface area contributed by atoms with Gasteiger partial charge < -0.3 is 4.57 Å². The summed E-state index contributed by atoms with van der Waals surface area (Å²) < 4.78 is 41.2. The lowest BCUT2D eigenvalue weighted by Gasteiger charge is -2.22. The van der Waals surface area contributed by atoms with E-state index in [-0.39, 0.29) is 5.82 Å². The Kier molecular flexibility index (Phi) is 7.15. The number of aromatic nitrogens is 1. The maximum absolute atomic E-state index is 13.2. The summed E-state index contributed by atoms with van der Waals surface area (Å²) in [5.41, 5.74) is 6.08. The standard InChI is InChI=1S/C22H22BrFN4O3S/c1-15-12-17(16(2)28(15)19-10-8-18(24)9-11-19)13-25-26-22(29)14-27(32(3,30)31)21-7-5-4-6-20(21)23/h4-13H,14H2,1-3H3,(H,26,29)/b25-13+. The molecule has 7 nitrogen and oxygen atoms in total. The van der Waals surface area contributed by atoms with Gasteiger partial charge in [-0.25, -0.2) is 18.2 Å². The molecule has 0 atom stereocenters. The Labute approximate surface area is 194 Å². The summed E-state index contributed by atoms with van der Waals surface area (Å²) in [6, 6.07) is 14.8. The van der Waals surface area contributed by atoms with E-state index in [2.05, 4.69) is 26.5 Å². The van der Waals surface area contributed by atoms with Crippen molar-refractivity contribution in [1.82, 2.24) is 9.99 Å². The maximum Gasteiger partial charge on any atom is 0.260 e. The fourth-order valence-electron chi connectivity index (χ4n) is 3.28. The third-order valence-electron chi connectivity index (χ3n) is 4.76. The number of para-hydroxylation sites is 1. The molecule has 3 aromatic rings. The number of nitrogens with zero attached hydrogens (tertiary/aromatic N) is 3. The molecular weight excluding hydrogens is 499 g/mol. The molecule has 0 bridgehead atoms. The first-order chi connectivity index (χ1) is 15.1. The first-order valence-electron chi connectivity index (χ1n) is 9.57. The number of carbonyl (C=O) groups is 1. The monoisotopic (exact) mass is 520 g/mol. The molecule has 0 aliphatic rings. The number of carbonyl (C=O) groups excluding carboxylic acids is 1. The van der Waals surface area contributed by atoms with E-state index in [1.54, 1.807) is 36.4 Å². The summed E-state index contributed by atoms with van der Waals surface area (Å²) in [5, 5.41) is 3.98. The first-order valence-corrected chi connectivity index (χ1v) is 12.2. The quantitative estimate of drug-likeness (QED) is 0.378. The van der Waals surface area contributed by atoms with Crippen LogP contribution in [0.2, 0.25) is 0 Å². The molecule has 0 saturated heterocycles. The van der Waals surface area contributed by atoms with Crippen LogP contribution in [0.3, 0.4) is 0 Å². The number of hydrogen-bond acceptors (Lipinski definition) is 4. The molecular formula is C22H22BrFN4O3S. The Morgan fingerprint density at radius 1 is 1.19 bits per heavy atom. The van der Waals surface area contributed by atoms with Crippen molar-refractivity contribution in [1.29, 1.82) is 0 Å². The third kappa shape index (κ3) is 5.43. The van der Waals surface area contributed by atoms with Crippen molar-refractivity contribution in [2.24, 2.45) is 5.10 Å². The predicted octanol–water partition coefficient (Wildman–Crippen LogP) is 3.91. The first kappa shape index (κ1) is 23.7. The summed E-state index contributed by atoms with van der Waals surface area (Å²) in [5.74, 6) is -0.902. The lowest BCUT2D eigenvalue weighted by Crippen LogP contribution is -2.39. The Morgan fingerprint density at radius 3 is 2.47 bits per heavy atom. The topological polar surface area (TPSA) is 83.8 Å². The van der Waals surface area contributed by atoms with Gasteiger partial charge in [0.1, 0.15) is 12.4 Å². The fraction of sp³-hybridized carbons (Fsp3) is 0.182. The number of nitrogens with one attached hydrogen (secondary N) is 1. The summed E-state index contributed by atoms with van der Waals surface area (Å²) in [7, 11) is -3.69. The average molecular weight is 521 g/mol. The number of halogens is 2. The molecule has 0 fully saturated rings. The van der Waals surface area contributed by atoms with E-state index in [1.807, 2.05) is 24.5 Å². The molecule has 1 heterocycles. The summed E-state index contributed by atoms with van der Waals surface area (Å²) in [4.78, 5) is 12.4. The number of anilines is 1. The second-order valence-electron chi connectivity index (χ2n) is 7.15. The molecule has 0 spiro atoms. The van der Waals surface area contributed by atoms with Crippen molar-refractivity contribution in [2.45, 2.75) is 13.8 Å². The highest BCUT2D eigenvalue weighted by Gasteiger charge is 2.22. The predicted molar refractivity (Wildman–Crippen MR) is 127 cm³/mol. The van der Waals surface area contributed by atoms with Gasteiger partial charge in [0.25, 0.3) is 5.91 Å². The molecule has 2 aromatic carbocycles. The number of benzene rings is 2. The van der Waals surface area contributed by atoms with E-state index in [9.17, 15) is 17.6 Å². The minimum absolute atomic E-state index is 0.314. The van der Waals surface area contributed by atoms with Crippen LogP contribution in [0.15, 0.2) is 64.2 Å². The van der Waals surface area contributed by atoms with Gasteiger partial charge >= 0.3 is 0 Å². The summed E-state index contributed by atoms with van der Waals surface area (Å²) >= 11 is 3.31. The molecule has 0 saturated carbocycles. The van der Waals surface area contributed by atoms with Crippen LogP contribution in [-0.4, -0.2) is 37.9 Å². The van der Waals surface area contributed by atoms with E-state index in [1.165, 1.54) is 18.3 Å². The van der Waals surface area contributed by atoms with Gasteiger partial charge in [-0.2, -0.15) is 5.10 Å². The Hall–Kier alpha value is -2.98. The van der Waals surface area contributed by atoms with Crippen molar-refractivity contribution in [3.8, 4) is 5.69 Å². The highest BCUT2D eigenvalue weighted by molar-refractivity contribution is 9.10. The number of hydrogen-bond donors (Lipinski definition) is 1. The largest absolute Gasteiger partial charge is 0.318 e. The van der Waals surface area contributed by atoms with Gasteiger partial charge in [0.05, 0.1) is 18.2 Å². The van der Waals surface area contributed by atoms with Crippen molar-refractivity contribution in [3.63, 3.8) is 0 Å². The van der Waals surface area contributed by atoms with Crippen LogP contribution in [0.25, 0.3) is 5.69 Å². The lowest BCUT2D eigenvalue weighted by atomic mass is 10.2. The lowest BCUT2D eigenvalue weighted by molar-refractivity contribution is -0.119. The molecule has 1 amide bonds. The number of amides is 1. The normalized spacial score (nSPS) is 11.7. The SMILES string of the molecule is Cc1cc(/C=N/NC(=O)CN(c2ccccc2Br)S(C)(=O)=O)c(C)n1-c1ccc(F)cc1. The minimum atomic E-state index is -3.69. The third-order valence-corrected chi connectivity index (χ3v) is 6.55. The van der Waals surface area contributed by atoms with Crippen molar-refractivity contribution in [2.75, 3.05) is 17.1 Å². The summed E-state index contributed by atoms with van der Waals surface area (Å²) in [6.07, 6.45) is 2.52. The zero-order valence-corrected chi connectivity index (χ0v) is 20.1. The van der Waals surface area contributed by atoms with Crippen LogP contribution in [0.4, 0.5) is 10.1 Å². The van der Waals surface area contributed by atoms with Gasteiger partial charge in [0.2, 0.25) is 10.0 Å². The van der Waals surface area contributed by atoms with Crippen molar-refractivity contribution in [3.05, 3.63) is 81.8 Å². The van der Waals surface area contributed by atoms with Gasteiger partial charge in [-0.3, -0.25) is 9.10 Å². The molecule has 32 heavy (non-hydrogen) atoms. The van der Waals surface area contributed by atoms with Crippen molar-refractivity contribution >= 4 is 43.8 Å². The van der Waals surface area contributed by atoms with Crippen molar-refractivity contribution < 1.29 is 17.6 Å². The molecule has 10 heteroatoms. The average Bonchev–Trinajstić information content (AvgIpc) is 3.00. The van der Waals surface area contributed by atoms with Gasteiger partial charge in [0.15, 0.2) is 0 Å². The van der Waals surface area contributed by atoms with E-state index in [4.69, 9.17) is 0 Å². The highest BCUT2D eigenvalue weighted by atomic mass is 79.9. The second kappa shape index (κ2) is 9.66. The molecule has 3 rings (SSSR count). The maximum atomic E-state index is 13.2. The number of hydrazone groups is 1. The van der Waals surface area contributed by atoms with Crippen LogP contribution in [0.5, 0.6) is 0 Å². The Bertz CT molecular complexity index is 1270. The van der Waals surface area contributed by atoms with Gasteiger partial charge in [-0.1, -0.05) is 12.1 Å². The fourth-order valence-corrected chi connectivity index (χ4v) is 4.76.